The maximum absolute atomic E-state index is 11.4. The van der Waals surface area contributed by atoms with Crippen molar-refractivity contribution in [2.24, 2.45) is 0 Å². The maximum atomic E-state index is 11.4. The molecule has 3 rings (SSSR count). The van der Waals surface area contributed by atoms with Crippen LogP contribution in [0.15, 0.2) is 48.5 Å². The number of benzene rings is 2. The van der Waals surface area contributed by atoms with Gasteiger partial charge < -0.3 is 18.9 Å². The predicted octanol–water partition coefficient (Wildman–Crippen LogP) is 2.76. The first-order valence-electron chi connectivity index (χ1n) is 7.39. The van der Waals surface area contributed by atoms with Gasteiger partial charge in [0.1, 0.15) is 24.5 Å². The lowest BCUT2D eigenvalue weighted by Crippen LogP contribution is -2.27. The summed E-state index contributed by atoms with van der Waals surface area (Å²) in [7, 11) is 1.48. The summed E-state index contributed by atoms with van der Waals surface area (Å²) in [5, 5.41) is 0. The number of rotatable bonds is 5. The Morgan fingerprint density at radius 3 is 2.42 bits per heavy atom. The molecular weight excluding hydrogens is 312 g/mol. The van der Waals surface area contributed by atoms with E-state index < -0.39 is 18.2 Å². The zero-order valence-electron chi connectivity index (χ0n) is 13.1. The Morgan fingerprint density at radius 1 is 1.04 bits per heavy atom. The molecule has 0 spiro atoms. The van der Waals surface area contributed by atoms with Crippen molar-refractivity contribution in [3.8, 4) is 11.5 Å². The summed E-state index contributed by atoms with van der Waals surface area (Å²) in [6, 6.07) is 14.8. The fraction of sp³-hybridized carbons (Fsp3) is 0.222. The third kappa shape index (κ3) is 3.65. The van der Waals surface area contributed by atoms with E-state index in [0.717, 1.165) is 5.56 Å². The van der Waals surface area contributed by atoms with Crippen LogP contribution in [0.2, 0.25) is 0 Å². The van der Waals surface area contributed by atoms with Gasteiger partial charge in [0, 0.05) is 6.07 Å². The first-order valence-corrected chi connectivity index (χ1v) is 7.39. The quantitative estimate of drug-likeness (QED) is 0.621. The molecule has 1 aliphatic heterocycles. The molecule has 0 saturated carbocycles. The Morgan fingerprint density at radius 2 is 1.75 bits per heavy atom. The van der Waals surface area contributed by atoms with Crippen LogP contribution in [0.25, 0.3) is 0 Å². The van der Waals surface area contributed by atoms with E-state index in [1.165, 1.54) is 7.11 Å². The molecule has 24 heavy (non-hydrogen) atoms. The SMILES string of the molecule is COc1cc(OCc2ccccc2)ccc1C1OC(=O)CC(=O)O1. The van der Waals surface area contributed by atoms with Gasteiger partial charge in [-0.05, 0) is 17.7 Å². The molecule has 2 aromatic rings. The Bertz CT molecular complexity index is 724. The van der Waals surface area contributed by atoms with Crippen LogP contribution in [-0.4, -0.2) is 19.0 Å². The van der Waals surface area contributed by atoms with E-state index in [1.54, 1.807) is 18.2 Å². The van der Waals surface area contributed by atoms with Crippen molar-refractivity contribution in [3.63, 3.8) is 0 Å². The van der Waals surface area contributed by atoms with Gasteiger partial charge in [0.2, 0.25) is 0 Å². The highest BCUT2D eigenvalue weighted by atomic mass is 16.7. The van der Waals surface area contributed by atoms with Gasteiger partial charge in [0.15, 0.2) is 0 Å². The zero-order valence-corrected chi connectivity index (χ0v) is 13.1. The van der Waals surface area contributed by atoms with Crippen molar-refractivity contribution < 1.29 is 28.5 Å². The average molecular weight is 328 g/mol. The molecule has 1 aliphatic rings. The first kappa shape index (κ1) is 15.9. The molecule has 0 bridgehead atoms. The van der Waals surface area contributed by atoms with E-state index in [0.29, 0.717) is 23.7 Å². The lowest BCUT2D eigenvalue weighted by molar-refractivity contribution is -0.205. The number of ether oxygens (including phenoxy) is 4. The standard InChI is InChI=1S/C18H16O6/c1-21-15-9-13(22-11-12-5-3-2-4-6-12)7-8-14(15)18-23-16(19)10-17(20)24-18/h2-9,18H,10-11H2,1H3. The second-order valence-electron chi connectivity index (χ2n) is 5.17. The molecule has 0 aromatic heterocycles. The van der Waals surface area contributed by atoms with E-state index in [-0.39, 0.29) is 6.42 Å². The Hall–Kier alpha value is -3.02. The molecular formula is C18H16O6. The van der Waals surface area contributed by atoms with E-state index in [2.05, 4.69) is 0 Å². The second-order valence-corrected chi connectivity index (χ2v) is 5.17. The zero-order chi connectivity index (χ0) is 16.9. The predicted molar refractivity (Wildman–Crippen MR) is 83.3 cm³/mol. The van der Waals surface area contributed by atoms with Gasteiger partial charge in [-0.3, -0.25) is 9.59 Å². The molecule has 1 heterocycles. The lowest BCUT2D eigenvalue weighted by Gasteiger charge is -2.24. The Kier molecular flexibility index (Phi) is 4.65. The third-order valence-corrected chi connectivity index (χ3v) is 3.47. The summed E-state index contributed by atoms with van der Waals surface area (Å²) in [5.41, 5.74) is 1.49. The number of cyclic esters (lactones) is 2. The van der Waals surface area contributed by atoms with Crippen molar-refractivity contribution in [2.75, 3.05) is 7.11 Å². The third-order valence-electron chi connectivity index (χ3n) is 3.47. The van der Waals surface area contributed by atoms with Crippen molar-refractivity contribution in [3.05, 3.63) is 59.7 Å². The minimum Gasteiger partial charge on any atom is -0.496 e. The molecule has 0 radical (unpaired) electrons. The lowest BCUT2D eigenvalue weighted by atomic mass is 10.1. The number of methoxy groups -OCH3 is 1. The minimum atomic E-state index is -1.10. The molecule has 0 atom stereocenters. The van der Waals surface area contributed by atoms with E-state index in [9.17, 15) is 9.59 Å². The average Bonchev–Trinajstić information content (AvgIpc) is 2.59. The van der Waals surface area contributed by atoms with E-state index in [1.807, 2.05) is 30.3 Å². The van der Waals surface area contributed by atoms with E-state index >= 15 is 0 Å². The van der Waals surface area contributed by atoms with Crippen LogP contribution >= 0.6 is 0 Å². The Labute approximate surface area is 138 Å². The van der Waals surface area contributed by atoms with E-state index in [4.69, 9.17) is 18.9 Å². The van der Waals surface area contributed by atoms with Crippen LogP contribution in [0.5, 0.6) is 11.5 Å². The Balaban J connectivity index is 1.75. The highest BCUT2D eigenvalue weighted by Crippen LogP contribution is 2.34. The summed E-state index contributed by atoms with van der Waals surface area (Å²) in [4.78, 5) is 22.8. The highest BCUT2D eigenvalue weighted by molar-refractivity contribution is 5.92. The molecule has 0 N–H and O–H groups in total. The van der Waals surface area contributed by atoms with Gasteiger partial charge in [0.05, 0.1) is 12.7 Å². The molecule has 1 saturated heterocycles. The monoisotopic (exact) mass is 328 g/mol. The van der Waals surface area contributed by atoms with Gasteiger partial charge in [-0.2, -0.15) is 0 Å². The minimum absolute atomic E-state index is 0.378. The summed E-state index contributed by atoms with van der Waals surface area (Å²) < 4.78 is 21.1. The van der Waals surface area contributed by atoms with Crippen LogP contribution < -0.4 is 9.47 Å². The van der Waals surface area contributed by atoms with Crippen molar-refractivity contribution in [2.45, 2.75) is 19.3 Å². The van der Waals surface area contributed by atoms with Crippen LogP contribution in [0.4, 0.5) is 0 Å². The molecule has 6 nitrogen and oxygen atoms in total. The fourth-order valence-electron chi connectivity index (χ4n) is 2.31. The first-order chi connectivity index (χ1) is 11.7. The number of esters is 2. The number of hydrogen-bond donors (Lipinski definition) is 0. The van der Waals surface area contributed by atoms with Crippen molar-refractivity contribution >= 4 is 11.9 Å². The molecule has 1 fully saturated rings. The normalized spacial score (nSPS) is 14.7. The number of carbonyl (C=O) groups is 2. The number of hydrogen-bond acceptors (Lipinski definition) is 6. The van der Waals surface area contributed by atoms with Crippen LogP contribution in [0.1, 0.15) is 23.8 Å². The van der Waals surface area contributed by atoms with Gasteiger partial charge in [-0.25, -0.2) is 0 Å². The molecule has 0 amide bonds. The fourth-order valence-corrected chi connectivity index (χ4v) is 2.31. The summed E-state index contributed by atoms with van der Waals surface area (Å²) in [6.07, 6.45) is -1.48. The van der Waals surface area contributed by atoms with Crippen LogP contribution in [0, 0.1) is 0 Å². The molecule has 124 valence electrons. The van der Waals surface area contributed by atoms with Gasteiger partial charge in [-0.1, -0.05) is 30.3 Å². The summed E-state index contributed by atoms with van der Waals surface area (Å²) in [6.45, 7) is 0.413. The summed E-state index contributed by atoms with van der Waals surface area (Å²) >= 11 is 0. The maximum Gasteiger partial charge on any atom is 0.320 e. The highest BCUT2D eigenvalue weighted by Gasteiger charge is 2.31. The molecule has 0 aliphatic carbocycles. The number of carbonyl (C=O) groups excluding carboxylic acids is 2. The molecule has 6 heteroatoms. The van der Waals surface area contributed by atoms with Crippen molar-refractivity contribution in [1.82, 2.24) is 0 Å². The topological polar surface area (TPSA) is 71.1 Å². The summed E-state index contributed by atoms with van der Waals surface area (Å²) in [5.74, 6) is -0.244. The van der Waals surface area contributed by atoms with Crippen LogP contribution in [0.3, 0.4) is 0 Å². The molecule has 0 unspecified atom stereocenters. The largest absolute Gasteiger partial charge is 0.496 e. The van der Waals surface area contributed by atoms with Gasteiger partial charge in [-0.15, -0.1) is 0 Å². The van der Waals surface area contributed by atoms with Crippen molar-refractivity contribution in [1.29, 1.82) is 0 Å². The second kappa shape index (κ2) is 7.04. The van der Waals surface area contributed by atoms with Gasteiger partial charge >= 0.3 is 11.9 Å². The van der Waals surface area contributed by atoms with Gasteiger partial charge in [0.25, 0.3) is 6.29 Å². The van der Waals surface area contributed by atoms with Crippen LogP contribution in [-0.2, 0) is 25.7 Å². The smallest absolute Gasteiger partial charge is 0.320 e. The molecule has 2 aromatic carbocycles.